The first-order valence-corrected chi connectivity index (χ1v) is 6.89. The Balaban J connectivity index is 2.17. The van der Waals surface area contributed by atoms with Crippen LogP contribution in [0.5, 0.6) is 0 Å². The fourth-order valence-electron chi connectivity index (χ4n) is 2.33. The van der Waals surface area contributed by atoms with Crippen molar-refractivity contribution in [3.63, 3.8) is 0 Å². The normalized spacial score (nSPS) is 12.4. The second-order valence-electron chi connectivity index (χ2n) is 5.02. The Kier molecular flexibility index (Phi) is 4.85. The number of benzene rings is 2. The molecule has 106 valence electrons. The molecule has 2 aromatic rings. The Morgan fingerprint density at radius 1 is 1.10 bits per heavy atom. The molecule has 0 aliphatic heterocycles. The zero-order valence-corrected chi connectivity index (χ0v) is 11.6. The highest BCUT2D eigenvalue weighted by atomic mass is 19.2. The Morgan fingerprint density at radius 3 is 2.60 bits per heavy atom. The quantitative estimate of drug-likeness (QED) is 0.871. The summed E-state index contributed by atoms with van der Waals surface area (Å²) >= 11 is 0. The maximum atomic E-state index is 13.6. The Hall–Kier alpha value is -1.74. The van der Waals surface area contributed by atoms with E-state index in [0.717, 1.165) is 24.5 Å². The summed E-state index contributed by atoms with van der Waals surface area (Å²) in [5.74, 6) is -1.62. The van der Waals surface area contributed by atoms with Crippen LogP contribution in [-0.2, 0) is 12.8 Å². The van der Waals surface area contributed by atoms with E-state index in [1.54, 1.807) is 6.07 Å². The highest BCUT2D eigenvalue weighted by Crippen LogP contribution is 2.20. The van der Waals surface area contributed by atoms with Crippen LogP contribution in [0, 0.1) is 11.6 Å². The van der Waals surface area contributed by atoms with Gasteiger partial charge in [-0.3, -0.25) is 0 Å². The molecule has 0 aliphatic rings. The number of hydrogen-bond donors (Lipinski definition) is 1. The lowest BCUT2D eigenvalue weighted by Gasteiger charge is -2.14. The van der Waals surface area contributed by atoms with Crippen molar-refractivity contribution in [3.8, 4) is 0 Å². The van der Waals surface area contributed by atoms with Gasteiger partial charge in [0.2, 0.25) is 0 Å². The molecule has 3 heteroatoms. The highest BCUT2D eigenvalue weighted by Gasteiger charge is 2.13. The minimum Gasteiger partial charge on any atom is -0.324 e. The van der Waals surface area contributed by atoms with Crippen molar-refractivity contribution in [2.24, 2.45) is 5.73 Å². The number of aryl methyl sites for hydroxylation is 1. The maximum absolute atomic E-state index is 13.6. The smallest absolute Gasteiger partial charge is 0.162 e. The van der Waals surface area contributed by atoms with Gasteiger partial charge in [-0.05, 0) is 35.6 Å². The number of halogens is 2. The molecule has 1 nitrogen and oxygen atoms in total. The summed E-state index contributed by atoms with van der Waals surface area (Å²) in [5, 5.41) is 0. The van der Waals surface area contributed by atoms with Crippen LogP contribution in [0.3, 0.4) is 0 Å². The fraction of sp³-hybridized carbons (Fsp3) is 0.294. The number of hydrogen-bond acceptors (Lipinski definition) is 1. The van der Waals surface area contributed by atoms with Crippen LogP contribution in [-0.4, -0.2) is 0 Å². The first kappa shape index (κ1) is 14.7. The first-order chi connectivity index (χ1) is 9.61. The van der Waals surface area contributed by atoms with E-state index in [0.29, 0.717) is 12.0 Å². The van der Waals surface area contributed by atoms with E-state index in [4.69, 9.17) is 5.73 Å². The van der Waals surface area contributed by atoms with Gasteiger partial charge in [-0.15, -0.1) is 0 Å². The van der Waals surface area contributed by atoms with Gasteiger partial charge in [-0.25, -0.2) is 8.78 Å². The maximum Gasteiger partial charge on any atom is 0.162 e. The largest absolute Gasteiger partial charge is 0.324 e. The molecule has 2 rings (SSSR count). The third kappa shape index (κ3) is 3.42. The van der Waals surface area contributed by atoms with Gasteiger partial charge in [-0.2, -0.15) is 0 Å². The second kappa shape index (κ2) is 6.62. The summed E-state index contributed by atoms with van der Waals surface area (Å²) in [5.41, 5.74) is 8.62. The van der Waals surface area contributed by atoms with Crippen LogP contribution < -0.4 is 5.73 Å². The number of nitrogens with two attached hydrogens (primary N) is 1. The van der Waals surface area contributed by atoms with Crippen LogP contribution in [0.2, 0.25) is 0 Å². The summed E-state index contributed by atoms with van der Waals surface area (Å²) in [6.45, 7) is 2.12. The SMILES string of the molecule is CCCc1cccc(C(N)Cc2cccc(F)c2F)c1. The van der Waals surface area contributed by atoms with Gasteiger partial charge in [0.05, 0.1) is 0 Å². The van der Waals surface area contributed by atoms with Crippen molar-refractivity contribution < 1.29 is 8.78 Å². The van der Waals surface area contributed by atoms with Gasteiger partial charge in [0, 0.05) is 6.04 Å². The summed E-state index contributed by atoms with van der Waals surface area (Å²) in [4.78, 5) is 0. The third-order valence-electron chi connectivity index (χ3n) is 3.39. The molecule has 0 heterocycles. The molecule has 0 saturated carbocycles. The van der Waals surface area contributed by atoms with E-state index >= 15 is 0 Å². The molecular formula is C17H19F2N. The zero-order chi connectivity index (χ0) is 14.5. The lowest BCUT2D eigenvalue weighted by atomic mass is 9.97. The lowest BCUT2D eigenvalue weighted by molar-refractivity contribution is 0.494. The van der Waals surface area contributed by atoms with Crippen molar-refractivity contribution in [1.29, 1.82) is 0 Å². The van der Waals surface area contributed by atoms with Gasteiger partial charge in [-0.1, -0.05) is 49.7 Å². The monoisotopic (exact) mass is 275 g/mol. The van der Waals surface area contributed by atoms with E-state index in [1.807, 2.05) is 18.2 Å². The lowest BCUT2D eigenvalue weighted by Crippen LogP contribution is -2.14. The Morgan fingerprint density at radius 2 is 1.85 bits per heavy atom. The Bertz CT molecular complexity index is 581. The fourth-order valence-corrected chi connectivity index (χ4v) is 2.33. The molecule has 20 heavy (non-hydrogen) atoms. The average molecular weight is 275 g/mol. The second-order valence-corrected chi connectivity index (χ2v) is 5.02. The molecule has 0 radical (unpaired) electrons. The molecule has 0 aliphatic carbocycles. The molecule has 0 bridgehead atoms. The van der Waals surface area contributed by atoms with Crippen molar-refractivity contribution in [1.82, 2.24) is 0 Å². The highest BCUT2D eigenvalue weighted by molar-refractivity contribution is 5.28. The predicted molar refractivity (Wildman–Crippen MR) is 77.4 cm³/mol. The van der Waals surface area contributed by atoms with Crippen LogP contribution in [0.1, 0.15) is 36.1 Å². The van der Waals surface area contributed by atoms with Crippen LogP contribution in [0.25, 0.3) is 0 Å². The van der Waals surface area contributed by atoms with Gasteiger partial charge in [0.1, 0.15) is 0 Å². The Labute approximate surface area is 118 Å². The van der Waals surface area contributed by atoms with Crippen LogP contribution in [0.4, 0.5) is 8.78 Å². The summed E-state index contributed by atoms with van der Waals surface area (Å²) in [6.07, 6.45) is 2.35. The van der Waals surface area contributed by atoms with Crippen molar-refractivity contribution in [2.45, 2.75) is 32.2 Å². The summed E-state index contributed by atoms with van der Waals surface area (Å²) in [7, 11) is 0. The van der Waals surface area contributed by atoms with Crippen LogP contribution >= 0.6 is 0 Å². The summed E-state index contributed by atoms with van der Waals surface area (Å²) < 4.78 is 26.8. The van der Waals surface area contributed by atoms with Gasteiger partial charge < -0.3 is 5.73 Å². The molecule has 0 amide bonds. The van der Waals surface area contributed by atoms with Crippen molar-refractivity contribution >= 4 is 0 Å². The van der Waals surface area contributed by atoms with E-state index in [1.165, 1.54) is 11.6 Å². The predicted octanol–water partition coefficient (Wildman–Crippen LogP) is 4.16. The van der Waals surface area contributed by atoms with Gasteiger partial charge in [0.25, 0.3) is 0 Å². The number of rotatable bonds is 5. The molecule has 0 spiro atoms. The minimum absolute atomic E-state index is 0.291. The molecule has 2 aromatic carbocycles. The van der Waals surface area contributed by atoms with E-state index in [9.17, 15) is 8.78 Å². The van der Waals surface area contributed by atoms with E-state index in [2.05, 4.69) is 13.0 Å². The molecule has 1 atom stereocenters. The molecule has 1 unspecified atom stereocenters. The van der Waals surface area contributed by atoms with Gasteiger partial charge >= 0.3 is 0 Å². The van der Waals surface area contributed by atoms with Crippen LogP contribution in [0.15, 0.2) is 42.5 Å². The standard InChI is InChI=1S/C17H19F2N/c1-2-5-12-6-3-7-13(10-12)16(20)11-14-8-4-9-15(18)17(14)19/h3-4,6-10,16H,2,5,11,20H2,1H3. The molecule has 2 N–H and O–H groups in total. The first-order valence-electron chi connectivity index (χ1n) is 6.89. The topological polar surface area (TPSA) is 26.0 Å². The average Bonchev–Trinajstić information content (AvgIpc) is 2.44. The van der Waals surface area contributed by atoms with Gasteiger partial charge in [0.15, 0.2) is 11.6 Å². The minimum atomic E-state index is -0.825. The molecule has 0 saturated heterocycles. The van der Waals surface area contributed by atoms with Crippen molar-refractivity contribution in [3.05, 3.63) is 70.8 Å². The van der Waals surface area contributed by atoms with Crippen molar-refractivity contribution in [2.75, 3.05) is 0 Å². The third-order valence-corrected chi connectivity index (χ3v) is 3.39. The molecular weight excluding hydrogens is 256 g/mol. The summed E-state index contributed by atoms with van der Waals surface area (Å²) in [6, 6.07) is 11.9. The molecule has 0 aromatic heterocycles. The van der Waals surface area contributed by atoms with E-state index in [-0.39, 0.29) is 6.04 Å². The zero-order valence-electron chi connectivity index (χ0n) is 11.6. The molecule has 0 fully saturated rings. The van der Waals surface area contributed by atoms with E-state index < -0.39 is 11.6 Å².